The second kappa shape index (κ2) is 5.99. The van der Waals surface area contributed by atoms with E-state index in [0.717, 1.165) is 5.39 Å². The molecule has 0 atom stereocenters. The van der Waals surface area contributed by atoms with Gasteiger partial charge < -0.3 is 10.2 Å². The molecule has 0 bridgehead atoms. The van der Waals surface area contributed by atoms with Crippen molar-refractivity contribution in [2.75, 3.05) is 0 Å². The van der Waals surface area contributed by atoms with Crippen molar-refractivity contribution in [1.82, 2.24) is 4.98 Å². The second-order valence-corrected chi connectivity index (χ2v) is 6.03. The SMILES string of the molecule is Oc1c(Br)cc(Cl)cc1C=Cc1ccc2cccc(O)c2n1. The number of rotatable bonds is 2. The van der Waals surface area contributed by atoms with Crippen molar-refractivity contribution in [2.24, 2.45) is 0 Å². The van der Waals surface area contributed by atoms with Gasteiger partial charge in [0.15, 0.2) is 0 Å². The topological polar surface area (TPSA) is 53.4 Å². The number of hydrogen-bond donors (Lipinski definition) is 2. The van der Waals surface area contributed by atoms with E-state index in [1.807, 2.05) is 18.2 Å². The maximum absolute atomic E-state index is 10.00. The molecule has 0 unspecified atom stereocenters. The van der Waals surface area contributed by atoms with Crippen LogP contribution in [0.2, 0.25) is 5.02 Å². The zero-order chi connectivity index (χ0) is 15.7. The van der Waals surface area contributed by atoms with Crippen molar-refractivity contribution in [3.05, 3.63) is 63.2 Å². The van der Waals surface area contributed by atoms with Crippen LogP contribution < -0.4 is 0 Å². The molecule has 1 aromatic heterocycles. The Labute approximate surface area is 140 Å². The summed E-state index contributed by atoms with van der Waals surface area (Å²) in [5.41, 5.74) is 1.80. The number of para-hydroxylation sites is 1. The fourth-order valence-electron chi connectivity index (χ4n) is 2.13. The van der Waals surface area contributed by atoms with E-state index < -0.39 is 0 Å². The molecule has 0 fully saturated rings. The van der Waals surface area contributed by atoms with Gasteiger partial charge in [-0.15, -0.1) is 0 Å². The number of phenolic OH excluding ortho intramolecular Hbond substituents is 2. The predicted octanol–water partition coefficient (Wildman–Crippen LogP) is 5.23. The molecular weight excluding hydrogens is 366 g/mol. The number of benzene rings is 2. The predicted molar refractivity (Wildman–Crippen MR) is 93.2 cm³/mol. The number of hydrogen-bond acceptors (Lipinski definition) is 3. The van der Waals surface area contributed by atoms with Crippen LogP contribution in [-0.2, 0) is 0 Å². The summed E-state index contributed by atoms with van der Waals surface area (Å²) >= 11 is 9.23. The van der Waals surface area contributed by atoms with Gasteiger partial charge in [0.2, 0.25) is 0 Å². The van der Waals surface area contributed by atoms with E-state index in [-0.39, 0.29) is 11.5 Å². The van der Waals surface area contributed by atoms with Crippen LogP contribution >= 0.6 is 27.5 Å². The molecule has 0 aliphatic carbocycles. The Morgan fingerprint density at radius 2 is 1.86 bits per heavy atom. The number of aromatic hydroxyl groups is 2. The Balaban J connectivity index is 2.01. The number of nitrogens with zero attached hydrogens (tertiary/aromatic N) is 1. The van der Waals surface area contributed by atoms with Crippen LogP contribution in [0.4, 0.5) is 0 Å². The number of fused-ring (bicyclic) bond motifs is 1. The lowest BCUT2D eigenvalue weighted by atomic mass is 10.1. The molecule has 2 N–H and O–H groups in total. The molecule has 110 valence electrons. The van der Waals surface area contributed by atoms with Gasteiger partial charge in [0.1, 0.15) is 17.0 Å². The van der Waals surface area contributed by atoms with Crippen molar-refractivity contribution in [1.29, 1.82) is 0 Å². The summed E-state index contributed by atoms with van der Waals surface area (Å²) in [5, 5.41) is 21.2. The zero-order valence-electron chi connectivity index (χ0n) is 11.3. The molecule has 0 amide bonds. The van der Waals surface area contributed by atoms with E-state index in [4.69, 9.17) is 11.6 Å². The molecule has 3 aromatic rings. The highest BCUT2D eigenvalue weighted by atomic mass is 79.9. The normalized spacial score (nSPS) is 11.4. The van der Waals surface area contributed by atoms with Crippen molar-refractivity contribution in [2.45, 2.75) is 0 Å². The van der Waals surface area contributed by atoms with Gasteiger partial charge in [-0.3, -0.25) is 0 Å². The highest BCUT2D eigenvalue weighted by molar-refractivity contribution is 9.10. The Hall–Kier alpha value is -2.04. The van der Waals surface area contributed by atoms with E-state index in [2.05, 4.69) is 20.9 Å². The standard InChI is InChI=1S/C17H11BrClNO2/c18-14-9-12(19)8-11(17(14)22)5-7-13-6-4-10-2-1-3-15(21)16(10)20-13/h1-9,21-22H. The Morgan fingerprint density at radius 3 is 2.68 bits per heavy atom. The fraction of sp³-hybridized carbons (Fsp3) is 0. The Bertz CT molecular complexity index is 893. The minimum Gasteiger partial charge on any atom is -0.506 e. The van der Waals surface area contributed by atoms with E-state index in [9.17, 15) is 10.2 Å². The third-order valence-electron chi connectivity index (χ3n) is 3.21. The van der Waals surface area contributed by atoms with Crippen molar-refractivity contribution in [3.8, 4) is 11.5 Å². The smallest absolute Gasteiger partial charge is 0.141 e. The molecule has 3 rings (SSSR count). The average molecular weight is 377 g/mol. The molecule has 0 radical (unpaired) electrons. The molecule has 0 aliphatic heterocycles. The van der Waals surface area contributed by atoms with Crippen LogP contribution in [-0.4, -0.2) is 15.2 Å². The van der Waals surface area contributed by atoms with Gasteiger partial charge in [0.25, 0.3) is 0 Å². The first-order valence-corrected chi connectivity index (χ1v) is 7.66. The molecule has 1 heterocycles. The molecule has 0 spiro atoms. The zero-order valence-corrected chi connectivity index (χ0v) is 13.6. The van der Waals surface area contributed by atoms with Gasteiger partial charge in [-0.2, -0.15) is 0 Å². The van der Waals surface area contributed by atoms with E-state index >= 15 is 0 Å². The summed E-state index contributed by atoms with van der Waals surface area (Å²) in [6, 6.07) is 12.3. The quantitative estimate of drug-likeness (QED) is 0.643. The average Bonchev–Trinajstić information content (AvgIpc) is 2.50. The van der Waals surface area contributed by atoms with Crippen LogP contribution in [0.5, 0.6) is 11.5 Å². The highest BCUT2D eigenvalue weighted by Crippen LogP contribution is 2.32. The van der Waals surface area contributed by atoms with Gasteiger partial charge >= 0.3 is 0 Å². The lowest BCUT2D eigenvalue weighted by Crippen LogP contribution is -1.84. The summed E-state index contributed by atoms with van der Waals surface area (Å²) in [7, 11) is 0. The minimum absolute atomic E-state index is 0.115. The van der Waals surface area contributed by atoms with Crippen molar-refractivity contribution >= 4 is 50.6 Å². The summed E-state index contributed by atoms with van der Waals surface area (Å²) in [4.78, 5) is 4.40. The van der Waals surface area contributed by atoms with E-state index in [1.54, 1.807) is 36.4 Å². The summed E-state index contributed by atoms with van der Waals surface area (Å²) < 4.78 is 0.531. The Kier molecular flexibility index (Phi) is 4.05. The molecule has 0 aliphatic rings. The molecule has 0 saturated carbocycles. The first kappa shape index (κ1) is 14.9. The van der Waals surface area contributed by atoms with E-state index in [0.29, 0.717) is 26.3 Å². The monoisotopic (exact) mass is 375 g/mol. The molecule has 5 heteroatoms. The second-order valence-electron chi connectivity index (χ2n) is 4.74. The third kappa shape index (κ3) is 2.93. The fourth-order valence-corrected chi connectivity index (χ4v) is 2.96. The third-order valence-corrected chi connectivity index (χ3v) is 4.03. The lowest BCUT2D eigenvalue weighted by molar-refractivity contribution is 0.470. The maximum Gasteiger partial charge on any atom is 0.141 e. The van der Waals surface area contributed by atoms with Crippen LogP contribution in [0, 0.1) is 0 Å². The Morgan fingerprint density at radius 1 is 1.05 bits per heavy atom. The lowest BCUT2D eigenvalue weighted by Gasteiger charge is -2.04. The van der Waals surface area contributed by atoms with Crippen LogP contribution in [0.15, 0.2) is 46.9 Å². The summed E-state index contributed by atoms with van der Waals surface area (Å²) in [6.07, 6.45) is 3.48. The molecular formula is C17H11BrClNO2. The van der Waals surface area contributed by atoms with Gasteiger partial charge in [-0.1, -0.05) is 29.8 Å². The van der Waals surface area contributed by atoms with Gasteiger partial charge in [0.05, 0.1) is 10.2 Å². The molecule has 2 aromatic carbocycles. The number of halogens is 2. The van der Waals surface area contributed by atoms with Crippen LogP contribution in [0.1, 0.15) is 11.3 Å². The first-order chi connectivity index (χ1) is 10.5. The summed E-state index contributed by atoms with van der Waals surface area (Å²) in [6.45, 7) is 0. The number of pyridine rings is 1. The first-order valence-electron chi connectivity index (χ1n) is 6.49. The van der Waals surface area contributed by atoms with E-state index in [1.165, 1.54) is 0 Å². The minimum atomic E-state index is 0.115. The van der Waals surface area contributed by atoms with Crippen LogP contribution in [0.25, 0.3) is 23.1 Å². The largest absolute Gasteiger partial charge is 0.506 e. The summed E-state index contributed by atoms with van der Waals surface area (Å²) in [5.74, 6) is 0.255. The van der Waals surface area contributed by atoms with Gasteiger partial charge in [0, 0.05) is 16.0 Å². The number of aromatic nitrogens is 1. The van der Waals surface area contributed by atoms with Crippen molar-refractivity contribution in [3.63, 3.8) is 0 Å². The maximum atomic E-state index is 10.00. The van der Waals surface area contributed by atoms with Gasteiger partial charge in [-0.05, 0) is 52.3 Å². The van der Waals surface area contributed by atoms with Crippen molar-refractivity contribution < 1.29 is 10.2 Å². The number of phenols is 2. The molecule has 3 nitrogen and oxygen atoms in total. The molecule has 22 heavy (non-hydrogen) atoms. The van der Waals surface area contributed by atoms with Gasteiger partial charge in [-0.25, -0.2) is 4.98 Å². The highest BCUT2D eigenvalue weighted by Gasteiger charge is 2.05. The van der Waals surface area contributed by atoms with Crippen LogP contribution in [0.3, 0.4) is 0 Å². The molecule has 0 saturated heterocycles.